The molecule has 0 spiro atoms. The van der Waals surface area contributed by atoms with Crippen LogP contribution in [0.5, 0.6) is 0 Å². The molecule has 0 bridgehead atoms. The summed E-state index contributed by atoms with van der Waals surface area (Å²) < 4.78 is 0. The van der Waals surface area contributed by atoms with Crippen LogP contribution in [0, 0.1) is 6.92 Å². The Hall–Kier alpha value is 0.843. The van der Waals surface area contributed by atoms with Crippen molar-refractivity contribution >= 4 is 13.6 Å². The topological polar surface area (TPSA) is 0 Å². The van der Waals surface area contributed by atoms with Crippen LogP contribution in [-0.4, -0.2) is 0 Å². The van der Waals surface area contributed by atoms with E-state index in [4.69, 9.17) is 0 Å². The predicted molar refractivity (Wildman–Crippen MR) is 61.4 cm³/mol. The van der Waals surface area contributed by atoms with Gasteiger partial charge in [0, 0.05) is 0 Å². The first-order chi connectivity index (χ1) is 6.41. The summed E-state index contributed by atoms with van der Waals surface area (Å²) in [5.74, 6) is 0. The van der Waals surface area contributed by atoms with Gasteiger partial charge in [-0.1, -0.05) is 38.2 Å². The second-order valence-corrected chi connectivity index (χ2v) is 3.05. The van der Waals surface area contributed by atoms with Crippen LogP contribution in [0.1, 0.15) is 51.4 Å². The van der Waals surface area contributed by atoms with E-state index in [0.717, 1.165) is 6.42 Å². The molecule has 0 amide bonds. The van der Waals surface area contributed by atoms with Gasteiger partial charge in [0.1, 0.15) is 0 Å². The van der Waals surface area contributed by atoms with Gasteiger partial charge in [-0.25, -0.2) is 0 Å². The first-order valence-corrected chi connectivity index (χ1v) is 12.0. The zero-order valence-corrected chi connectivity index (χ0v) is 13.3. The number of hydrogen-bond donors (Lipinski definition) is 0. The molecule has 0 aliphatic rings. The molecule has 0 saturated heterocycles. The summed E-state index contributed by atoms with van der Waals surface area (Å²) in [6, 6.07) is 0. The van der Waals surface area contributed by atoms with E-state index in [2.05, 4.69) is 27.1 Å². The maximum atomic E-state index is 3.82. The van der Waals surface area contributed by atoms with Crippen molar-refractivity contribution in [3.05, 3.63) is 19.6 Å². The summed E-state index contributed by atoms with van der Waals surface area (Å²) in [6.07, 6.45) is 12.5. The third-order valence-electron chi connectivity index (χ3n) is 1.91. The number of unbranched alkanes of at least 4 members (excludes halogenated alkanes) is 7. The van der Waals surface area contributed by atoms with Gasteiger partial charge in [-0.05, 0) is 12.8 Å². The molecule has 0 fully saturated rings. The summed E-state index contributed by atoms with van der Waals surface area (Å²) in [4.78, 5) is 0. The Labute approximate surface area is 101 Å². The molecule has 0 aromatic rings. The molecule has 13 heavy (non-hydrogen) atoms. The van der Waals surface area contributed by atoms with Gasteiger partial charge in [0.2, 0.25) is 0 Å². The van der Waals surface area contributed by atoms with Gasteiger partial charge in [0.05, 0.1) is 0 Å². The second-order valence-electron chi connectivity index (χ2n) is 3.05. The molecule has 0 rings (SSSR count). The summed E-state index contributed by atoms with van der Waals surface area (Å²) >= 11 is 4.25. The Morgan fingerprint density at radius 2 is 1.46 bits per heavy atom. The zero-order chi connectivity index (χ0) is 10.4. The van der Waals surface area contributed by atoms with Crippen LogP contribution >= 0.6 is 13.6 Å². The number of hydrogen-bond acceptors (Lipinski definition) is 0. The van der Waals surface area contributed by atoms with E-state index in [0.29, 0.717) is 0 Å². The molecule has 0 N–H and O–H groups in total. The maximum absolute atomic E-state index is 3.82. The molecule has 0 aromatic heterocycles. The molecule has 0 aromatic carbocycles. The summed E-state index contributed by atoms with van der Waals surface area (Å²) in [6.45, 7) is 7.52. The van der Waals surface area contributed by atoms with Gasteiger partial charge in [0.15, 0.2) is 0 Å². The fraction of sp³-hybridized carbons (Fsp3) is 0.727. The molecule has 0 radical (unpaired) electrons. The number of allylic oxidation sites excluding steroid dienone is 1. The number of halogens is 1. The molecule has 0 saturated carbocycles. The molecule has 0 atom stereocenters. The molecule has 0 unspecified atom stereocenters. The quantitative estimate of drug-likeness (QED) is 0.257. The van der Waals surface area contributed by atoms with Crippen LogP contribution in [0.25, 0.3) is 0 Å². The SMILES string of the molecule is C=CCCCCCCCC[CH2-].[Zn+][Br]. The van der Waals surface area contributed by atoms with E-state index in [1.807, 2.05) is 6.08 Å². The van der Waals surface area contributed by atoms with Crippen molar-refractivity contribution < 1.29 is 16.3 Å². The van der Waals surface area contributed by atoms with Crippen molar-refractivity contribution in [1.82, 2.24) is 0 Å². The fourth-order valence-electron chi connectivity index (χ4n) is 1.17. The Kier molecular flexibility index (Phi) is 23.3. The Morgan fingerprint density at radius 3 is 1.92 bits per heavy atom. The first kappa shape index (κ1) is 16.3. The Bertz CT molecular complexity index is 84.2. The van der Waals surface area contributed by atoms with Gasteiger partial charge >= 0.3 is 30.0 Å². The van der Waals surface area contributed by atoms with Crippen molar-refractivity contribution in [3.63, 3.8) is 0 Å². The van der Waals surface area contributed by atoms with Crippen LogP contribution in [0.15, 0.2) is 12.7 Å². The van der Waals surface area contributed by atoms with E-state index < -0.39 is 0 Å². The van der Waals surface area contributed by atoms with E-state index in [-0.39, 0.29) is 0 Å². The first-order valence-electron chi connectivity index (χ1n) is 5.08. The monoisotopic (exact) mass is 296 g/mol. The third kappa shape index (κ3) is 19.3. The average molecular weight is 299 g/mol. The van der Waals surface area contributed by atoms with Crippen molar-refractivity contribution in [2.24, 2.45) is 0 Å². The van der Waals surface area contributed by atoms with E-state index in [9.17, 15) is 0 Å². The normalized spacial score (nSPS) is 8.92. The molecule has 0 heterocycles. The molecule has 0 aliphatic heterocycles. The van der Waals surface area contributed by atoms with Crippen molar-refractivity contribution in [2.75, 3.05) is 0 Å². The average Bonchev–Trinajstić information content (AvgIpc) is 2.20. The van der Waals surface area contributed by atoms with E-state index in [1.165, 1.54) is 61.3 Å². The molecular formula is C11H21BrZn. The summed E-state index contributed by atoms with van der Waals surface area (Å²) in [7, 11) is 0. The van der Waals surface area contributed by atoms with Gasteiger partial charge in [-0.3, -0.25) is 0 Å². The summed E-state index contributed by atoms with van der Waals surface area (Å²) in [5.41, 5.74) is 0. The molecule has 0 aliphatic carbocycles. The van der Waals surface area contributed by atoms with Gasteiger partial charge in [-0.15, -0.1) is 6.58 Å². The molecule has 74 valence electrons. The van der Waals surface area contributed by atoms with Gasteiger partial charge < -0.3 is 6.92 Å². The minimum atomic E-state index is 1.10. The zero-order valence-electron chi connectivity index (χ0n) is 8.73. The Balaban J connectivity index is 0. The Morgan fingerprint density at radius 1 is 1.00 bits per heavy atom. The van der Waals surface area contributed by atoms with E-state index in [1.54, 1.807) is 0 Å². The van der Waals surface area contributed by atoms with Crippen molar-refractivity contribution in [3.8, 4) is 0 Å². The molecular weight excluding hydrogens is 277 g/mol. The number of rotatable bonds is 8. The molecule has 0 nitrogen and oxygen atoms in total. The van der Waals surface area contributed by atoms with Crippen molar-refractivity contribution in [1.29, 1.82) is 0 Å². The van der Waals surface area contributed by atoms with Gasteiger partial charge in [-0.2, -0.15) is 6.42 Å². The van der Waals surface area contributed by atoms with Crippen molar-refractivity contribution in [2.45, 2.75) is 51.4 Å². The van der Waals surface area contributed by atoms with Crippen LogP contribution in [0.3, 0.4) is 0 Å². The standard InChI is InChI=1S/C11H21.BrH.Zn/c1-3-5-7-9-11-10-8-6-4-2;;/h3H,1-2,4-11H2;1H;/q-1;;+2/p-1. The molecule has 2 heteroatoms. The second kappa shape index (κ2) is 18.6. The van der Waals surface area contributed by atoms with Crippen LogP contribution in [0.2, 0.25) is 0 Å². The van der Waals surface area contributed by atoms with Crippen LogP contribution in [-0.2, 0) is 16.3 Å². The predicted octanol–water partition coefficient (Wildman–Crippen LogP) is 4.97. The minimum absolute atomic E-state index is 1.10. The summed E-state index contributed by atoms with van der Waals surface area (Å²) in [5, 5.41) is 0. The van der Waals surface area contributed by atoms with Gasteiger partial charge in [0.25, 0.3) is 0 Å². The van der Waals surface area contributed by atoms with Crippen LogP contribution in [0.4, 0.5) is 0 Å². The van der Waals surface area contributed by atoms with Crippen LogP contribution < -0.4 is 0 Å². The third-order valence-corrected chi connectivity index (χ3v) is 1.91. The fourth-order valence-corrected chi connectivity index (χ4v) is 1.17. The van der Waals surface area contributed by atoms with E-state index >= 15 is 0 Å².